The number of halogens is 3. The summed E-state index contributed by atoms with van der Waals surface area (Å²) in [5.41, 5.74) is 2.63. The van der Waals surface area contributed by atoms with E-state index in [1.807, 2.05) is 48.6 Å². The molecule has 5 aromatic rings. The van der Waals surface area contributed by atoms with Crippen LogP contribution in [0.4, 0.5) is 18.9 Å². The van der Waals surface area contributed by atoms with Crippen LogP contribution in [0.15, 0.2) is 78.2 Å². The number of hydrogen-bond donors (Lipinski definition) is 2. The van der Waals surface area contributed by atoms with Crippen LogP contribution in [0.2, 0.25) is 0 Å². The summed E-state index contributed by atoms with van der Waals surface area (Å²) in [5, 5.41) is 10.9. The van der Waals surface area contributed by atoms with Crippen LogP contribution in [-0.2, 0) is 11.0 Å². The number of aromatic nitrogens is 5. The molecular formula is C28H23F3N6OS. The molecule has 198 valence electrons. The summed E-state index contributed by atoms with van der Waals surface area (Å²) in [7, 11) is 0. The Morgan fingerprint density at radius 2 is 1.97 bits per heavy atom. The first kappa shape index (κ1) is 26.2. The van der Waals surface area contributed by atoms with Crippen molar-refractivity contribution in [2.75, 3.05) is 11.1 Å². The van der Waals surface area contributed by atoms with Crippen molar-refractivity contribution in [1.82, 2.24) is 24.7 Å². The zero-order valence-corrected chi connectivity index (χ0v) is 21.6. The van der Waals surface area contributed by atoms with Gasteiger partial charge in [0.2, 0.25) is 5.91 Å². The topological polar surface area (TPSA) is 88.5 Å². The summed E-state index contributed by atoms with van der Waals surface area (Å²) >= 11 is 1.47. The average Bonchev–Trinajstić information content (AvgIpc) is 3.53. The fourth-order valence-corrected chi connectivity index (χ4v) is 4.81. The summed E-state index contributed by atoms with van der Waals surface area (Å²) in [5.74, 6) is 0.0731. The van der Waals surface area contributed by atoms with Gasteiger partial charge in [-0.1, -0.05) is 6.07 Å². The molecular weight excluding hydrogens is 525 g/mol. The standard InChI is InChI=1S/C28H23F3N6OS/c1-18-16-37(17-33-18)22-13-19(28(29,30)31)12-21(14-22)34-27(38)9-11-39-23-6-7-24-25(35-36-26(24)15-23)8-5-20-4-2-3-10-32-20/h2-8,10,12-17H,9,11H2,1H3,(H,34,38)(H,35,36). The fourth-order valence-electron chi connectivity index (χ4n) is 3.92. The highest BCUT2D eigenvalue weighted by Crippen LogP contribution is 2.33. The SMILES string of the molecule is Cc1cn(-c2cc(NC(=O)CCSc3ccc4c(C=Cc5ccccn5)n[nH]c4c3)cc(C(F)(F)F)c2)cn1. The lowest BCUT2D eigenvalue weighted by Gasteiger charge is -2.13. The van der Waals surface area contributed by atoms with Gasteiger partial charge >= 0.3 is 6.18 Å². The van der Waals surface area contributed by atoms with E-state index in [-0.39, 0.29) is 23.7 Å². The van der Waals surface area contributed by atoms with E-state index in [0.717, 1.165) is 39.3 Å². The number of anilines is 1. The van der Waals surface area contributed by atoms with E-state index >= 15 is 0 Å². The number of imidazole rings is 1. The Morgan fingerprint density at radius 1 is 1.10 bits per heavy atom. The number of pyridine rings is 1. The van der Waals surface area contributed by atoms with Crippen molar-refractivity contribution in [3.63, 3.8) is 0 Å². The van der Waals surface area contributed by atoms with Crippen LogP contribution in [0, 0.1) is 6.92 Å². The molecule has 0 radical (unpaired) electrons. The van der Waals surface area contributed by atoms with Crippen molar-refractivity contribution < 1.29 is 18.0 Å². The number of nitrogens with one attached hydrogen (secondary N) is 2. The molecule has 39 heavy (non-hydrogen) atoms. The third-order valence-electron chi connectivity index (χ3n) is 5.80. The van der Waals surface area contributed by atoms with Gasteiger partial charge in [0, 0.05) is 46.2 Å². The molecule has 0 bridgehead atoms. The minimum Gasteiger partial charge on any atom is -0.326 e. The van der Waals surface area contributed by atoms with Gasteiger partial charge < -0.3 is 9.88 Å². The highest BCUT2D eigenvalue weighted by Gasteiger charge is 2.31. The number of thioether (sulfide) groups is 1. The zero-order valence-electron chi connectivity index (χ0n) is 20.7. The first-order valence-electron chi connectivity index (χ1n) is 12.0. The number of nitrogens with zero attached hydrogens (tertiary/aromatic N) is 4. The van der Waals surface area contributed by atoms with Gasteiger partial charge in [0.1, 0.15) is 0 Å². The maximum atomic E-state index is 13.5. The van der Waals surface area contributed by atoms with Crippen molar-refractivity contribution in [3.8, 4) is 5.69 Å². The molecule has 2 N–H and O–H groups in total. The van der Waals surface area contributed by atoms with Gasteiger partial charge in [-0.2, -0.15) is 18.3 Å². The van der Waals surface area contributed by atoms with Crippen LogP contribution >= 0.6 is 11.8 Å². The number of rotatable bonds is 8. The number of aryl methyl sites for hydroxylation is 1. The van der Waals surface area contributed by atoms with E-state index in [4.69, 9.17) is 0 Å². The molecule has 11 heteroatoms. The number of aromatic amines is 1. The summed E-state index contributed by atoms with van der Waals surface area (Å²) in [6.45, 7) is 1.74. The van der Waals surface area contributed by atoms with Crippen LogP contribution in [0.5, 0.6) is 0 Å². The van der Waals surface area contributed by atoms with Gasteiger partial charge in [-0.25, -0.2) is 4.98 Å². The normalized spacial score (nSPS) is 11.9. The van der Waals surface area contributed by atoms with E-state index in [0.29, 0.717) is 11.4 Å². The van der Waals surface area contributed by atoms with Crippen molar-refractivity contribution in [1.29, 1.82) is 0 Å². The van der Waals surface area contributed by atoms with Crippen LogP contribution in [-0.4, -0.2) is 36.4 Å². The third-order valence-corrected chi connectivity index (χ3v) is 6.80. The Bertz CT molecular complexity index is 1640. The van der Waals surface area contributed by atoms with E-state index in [9.17, 15) is 18.0 Å². The molecule has 0 fully saturated rings. The molecule has 0 spiro atoms. The number of H-pyrrole nitrogens is 1. The molecule has 5 rings (SSSR count). The predicted octanol–water partition coefficient (Wildman–Crippen LogP) is 6.76. The summed E-state index contributed by atoms with van der Waals surface area (Å²) in [4.78, 5) is 21.8. The molecule has 0 aliphatic heterocycles. The molecule has 0 aliphatic rings. The van der Waals surface area contributed by atoms with E-state index < -0.39 is 11.7 Å². The molecule has 0 atom stereocenters. The Kier molecular flexibility index (Phi) is 7.51. The van der Waals surface area contributed by atoms with Crippen LogP contribution in [0.1, 0.15) is 29.1 Å². The molecule has 0 aliphatic carbocycles. The second kappa shape index (κ2) is 11.2. The van der Waals surface area contributed by atoms with E-state index in [2.05, 4.69) is 25.5 Å². The lowest BCUT2D eigenvalue weighted by atomic mass is 10.1. The lowest BCUT2D eigenvalue weighted by molar-refractivity contribution is -0.137. The smallest absolute Gasteiger partial charge is 0.326 e. The highest BCUT2D eigenvalue weighted by atomic mass is 32.2. The second-order valence-corrected chi connectivity index (χ2v) is 9.91. The van der Waals surface area contributed by atoms with Gasteiger partial charge in [0.05, 0.1) is 34.5 Å². The number of benzene rings is 2. The fraction of sp³-hybridized carbons (Fsp3) is 0.143. The lowest BCUT2D eigenvalue weighted by Crippen LogP contribution is -2.14. The number of carbonyl (C=O) groups is 1. The quantitative estimate of drug-likeness (QED) is 0.209. The monoisotopic (exact) mass is 548 g/mol. The Balaban J connectivity index is 1.21. The Morgan fingerprint density at radius 3 is 2.72 bits per heavy atom. The van der Waals surface area contributed by atoms with Gasteiger partial charge in [-0.05, 0) is 67.6 Å². The second-order valence-electron chi connectivity index (χ2n) is 8.74. The van der Waals surface area contributed by atoms with Crippen LogP contribution in [0.3, 0.4) is 0 Å². The number of hydrogen-bond acceptors (Lipinski definition) is 5. The van der Waals surface area contributed by atoms with Crippen molar-refractivity contribution in [2.45, 2.75) is 24.4 Å². The molecule has 0 saturated carbocycles. The third kappa shape index (κ3) is 6.55. The number of fused-ring (bicyclic) bond motifs is 1. The minimum absolute atomic E-state index is 0.0753. The maximum absolute atomic E-state index is 13.5. The first-order chi connectivity index (χ1) is 18.7. The summed E-state index contributed by atoms with van der Waals surface area (Å²) in [6.07, 6.45) is 4.13. The Hall–Kier alpha value is -4.38. The van der Waals surface area contributed by atoms with Crippen molar-refractivity contribution in [2.24, 2.45) is 0 Å². The largest absolute Gasteiger partial charge is 0.416 e. The maximum Gasteiger partial charge on any atom is 0.416 e. The molecule has 1 amide bonds. The molecule has 0 saturated heterocycles. The average molecular weight is 549 g/mol. The number of carbonyl (C=O) groups excluding carboxylic acids is 1. The highest BCUT2D eigenvalue weighted by molar-refractivity contribution is 7.99. The number of amides is 1. The van der Waals surface area contributed by atoms with Gasteiger partial charge in [-0.3, -0.25) is 14.9 Å². The van der Waals surface area contributed by atoms with Crippen molar-refractivity contribution in [3.05, 3.63) is 96.0 Å². The van der Waals surface area contributed by atoms with E-state index in [1.165, 1.54) is 28.7 Å². The van der Waals surface area contributed by atoms with E-state index in [1.54, 1.807) is 19.3 Å². The number of alkyl halides is 3. The van der Waals surface area contributed by atoms with Crippen molar-refractivity contribution >= 4 is 46.4 Å². The molecule has 7 nitrogen and oxygen atoms in total. The van der Waals surface area contributed by atoms with Gasteiger partial charge in [-0.15, -0.1) is 11.8 Å². The molecule has 2 aromatic carbocycles. The van der Waals surface area contributed by atoms with Crippen LogP contribution < -0.4 is 5.32 Å². The summed E-state index contributed by atoms with van der Waals surface area (Å²) in [6, 6.07) is 15.0. The Labute approximate surface area is 226 Å². The molecule has 3 aromatic heterocycles. The van der Waals surface area contributed by atoms with Crippen LogP contribution in [0.25, 0.3) is 28.7 Å². The minimum atomic E-state index is -4.56. The zero-order chi connectivity index (χ0) is 27.4. The first-order valence-corrected chi connectivity index (χ1v) is 13.0. The predicted molar refractivity (Wildman–Crippen MR) is 147 cm³/mol. The molecule has 3 heterocycles. The molecule has 0 unspecified atom stereocenters. The summed E-state index contributed by atoms with van der Waals surface area (Å²) < 4.78 is 41.9. The van der Waals surface area contributed by atoms with Gasteiger partial charge in [0.15, 0.2) is 0 Å². The van der Waals surface area contributed by atoms with Gasteiger partial charge in [0.25, 0.3) is 0 Å².